The molecule has 0 spiro atoms. The third-order valence-electron chi connectivity index (χ3n) is 3.43. The lowest BCUT2D eigenvalue weighted by Crippen LogP contribution is -2.27. The molecule has 24 heavy (non-hydrogen) atoms. The second-order valence-corrected chi connectivity index (χ2v) is 5.13. The number of guanidine groups is 1. The van der Waals surface area contributed by atoms with E-state index >= 15 is 0 Å². The minimum Gasteiger partial charge on any atom is -0.370 e. The van der Waals surface area contributed by atoms with Gasteiger partial charge in [0.15, 0.2) is 5.96 Å². The van der Waals surface area contributed by atoms with Crippen molar-refractivity contribution in [1.29, 1.82) is 0 Å². The first kappa shape index (κ1) is 15.5. The lowest BCUT2D eigenvalue weighted by Gasteiger charge is -2.06. The summed E-state index contributed by atoms with van der Waals surface area (Å²) in [6, 6.07) is 7.65. The Morgan fingerprint density at radius 1 is 1.42 bits per heavy atom. The number of aromatic amines is 1. The fourth-order valence-electron chi connectivity index (χ4n) is 2.21. The normalized spacial score (nSPS) is 13.5. The largest absolute Gasteiger partial charge is 0.370 e. The summed E-state index contributed by atoms with van der Waals surface area (Å²) in [7, 11) is 0. The van der Waals surface area contributed by atoms with Gasteiger partial charge >= 0.3 is 0 Å². The van der Waals surface area contributed by atoms with E-state index in [-0.39, 0.29) is 12.0 Å². The van der Waals surface area contributed by atoms with Crippen molar-refractivity contribution in [2.75, 3.05) is 0 Å². The third-order valence-corrected chi connectivity index (χ3v) is 3.43. The van der Waals surface area contributed by atoms with Crippen molar-refractivity contribution in [2.45, 2.75) is 13.0 Å². The number of benzene rings is 1. The summed E-state index contributed by atoms with van der Waals surface area (Å²) in [5.74, 6) is 0.927. The molecule has 1 atom stereocenters. The number of nitrogens with two attached hydrogens (primary N) is 1. The van der Waals surface area contributed by atoms with Crippen molar-refractivity contribution < 1.29 is 0 Å². The maximum Gasteiger partial charge on any atom is 0.193 e. The Hall–Kier alpha value is -3.42. The minimum absolute atomic E-state index is 0.214. The first-order valence-electron chi connectivity index (χ1n) is 7.38. The minimum atomic E-state index is -0.214. The number of aromatic nitrogens is 5. The van der Waals surface area contributed by atoms with Gasteiger partial charge in [0.2, 0.25) is 0 Å². The Kier molecular flexibility index (Phi) is 4.37. The predicted molar refractivity (Wildman–Crippen MR) is 93.8 cm³/mol. The van der Waals surface area contributed by atoms with Gasteiger partial charge in [-0.25, -0.2) is 15.0 Å². The van der Waals surface area contributed by atoms with Gasteiger partial charge in [0.1, 0.15) is 24.5 Å². The Morgan fingerprint density at radius 2 is 2.25 bits per heavy atom. The van der Waals surface area contributed by atoms with Crippen LogP contribution < -0.4 is 11.1 Å². The smallest absolute Gasteiger partial charge is 0.193 e. The van der Waals surface area contributed by atoms with Crippen molar-refractivity contribution >= 4 is 22.7 Å². The van der Waals surface area contributed by atoms with Crippen LogP contribution in [0.4, 0.5) is 0 Å². The molecule has 4 N–H and O–H groups in total. The molecule has 0 radical (unpaired) electrons. The van der Waals surface area contributed by atoms with Crippen LogP contribution in [-0.2, 0) is 0 Å². The van der Waals surface area contributed by atoms with Crippen LogP contribution in [0.3, 0.4) is 0 Å². The lowest BCUT2D eigenvalue weighted by atomic mass is 10.3. The summed E-state index contributed by atoms with van der Waals surface area (Å²) in [5.41, 5.74) is 8.52. The molecule has 122 valence electrons. The van der Waals surface area contributed by atoms with E-state index in [1.54, 1.807) is 18.6 Å². The van der Waals surface area contributed by atoms with Gasteiger partial charge in [-0.1, -0.05) is 18.7 Å². The van der Waals surface area contributed by atoms with E-state index in [2.05, 4.69) is 37.1 Å². The molecule has 0 saturated carbocycles. The first-order chi connectivity index (χ1) is 11.6. The second kappa shape index (κ2) is 6.78. The molecule has 0 saturated heterocycles. The number of imidazole rings is 1. The van der Waals surface area contributed by atoms with Crippen LogP contribution in [0, 0.1) is 0 Å². The van der Waals surface area contributed by atoms with Gasteiger partial charge in [-0.2, -0.15) is 5.10 Å². The number of hydrogen-bond donors (Lipinski definition) is 3. The molecule has 8 nitrogen and oxygen atoms in total. The number of rotatable bonds is 5. The monoisotopic (exact) mass is 322 g/mol. The number of hydrogen-bond acceptors (Lipinski definition) is 4. The molecule has 3 aromatic rings. The fraction of sp³-hybridized carbons (Fsp3) is 0.125. The molecule has 0 amide bonds. The Bertz CT molecular complexity index is 888. The second-order valence-electron chi connectivity index (χ2n) is 5.13. The first-order valence-corrected chi connectivity index (χ1v) is 7.38. The highest BCUT2D eigenvalue weighted by Gasteiger charge is 2.06. The van der Waals surface area contributed by atoms with Crippen molar-refractivity contribution in [3.8, 4) is 0 Å². The molecule has 2 heterocycles. The predicted octanol–water partition coefficient (Wildman–Crippen LogP) is 1.80. The van der Waals surface area contributed by atoms with Crippen LogP contribution in [0.2, 0.25) is 0 Å². The number of fused-ring (bicyclic) bond motifs is 1. The summed E-state index contributed by atoms with van der Waals surface area (Å²) >= 11 is 0. The Balaban J connectivity index is 1.64. The third kappa shape index (κ3) is 3.32. The van der Waals surface area contributed by atoms with Gasteiger partial charge in [-0.3, -0.25) is 9.67 Å². The van der Waals surface area contributed by atoms with Gasteiger partial charge in [0.05, 0.1) is 11.0 Å². The van der Waals surface area contributed by atoms with Crippen LogP contribution in [0.15, 0.2) is 60.8 Å². The zero-order chi connectivity index (χ0) is 16.9. The quantitative estimate of drug-likeness (QED) is 0.377. The number of aliphatic imine (C=N–C) groups is 1. The SMILES string of the molecule is C=C(/C=C\NC(N)=NC(C)c1ncn[nH]1)n1cnc2ccccc21. The van der Waals surface area contributed by atoms with Crippen molar-refractivity contribution in [1.82, 2.24) is 30.0 Å². The summed E-state index contributed by atoms with van der Waals surface area (Å²) in [6.45, 7) is 5.91. The molecule has 0 aliphatic rings. The highest BCUT2D eigenvalue weighted by Crippen LogP contribution is 2.16. The zero-order valence-corrected chi connectivity index (χ0v) is 13.2. The van der Waals surface area contributed by atoms with Crippen molar-refractivity contribution in [3.63, 3.8) is 0 Å². The molecule has 1 aromatic carbocycles. The summed E-state index contributed by atoms with van der Waals surface area (Å²) in [6.07, 6.45) is 6.66. The number of H-pyrrole nitrogens is 1. The van der Waals surface area contributed by atoms with Gasteiger partial charge in [-0.15, -0.1) is 0 Å². The number of nitrogens with zero attached hydrogens (tertiary/aromatic N) is 5. The summed E-state index contributed by atoms with van der Waals surface area (Å²) < 4.78 is 1.90. The fourth-order valence-corrected chi connectivity index (χ4v) is 2.21. The van der Waals surface area contributed by atoms with E-state index in [0.29, 0.717) is 5.82 Å². The van der Waals surface area contributed by atoms with E-state index in [4.69, 9.17) is 5.73 Å². The number of allylic oxidation sites excluding steroid dienone is 2. The Morgan fingerprint density at radius 3 is 3.04 bits per heavy atom. The topological polar surface area (TPSA) is 110 Å². The molecule has 0 aliphatic heterocycles. The lowest BCUT2D eigenvalue weighted by molar-refractivity contribution is 0.741. The number of nitrogens with one attached hydrogen (secondary N) is 2. The van der Waals surface area contributed by atoms with Gasteiger partial charge in [0, 0.05) is 11.9 Å². The molecule has 0 fully saturated rings. The average Bonchev–Trinajstić information content (AvgIpc) is 3.24. The highest BCUT2D eigenvalue weighted by atomic mass is 15.2. The van der Waals surface area contributed by atoms with Crippen molar-refractivity contribution in [2.24, 2.45) is 10.7 Å². The number of para-hydroxylation sites is 2. The van der Waals surface area contributed by atoms with E-state index in [9.17, 15) is 0 Å². The van der Waals surface area contributed by atoms with Crippen LogP contribution >= 0.6 is 0 Å². The standard InChI is InChI=1S/C16H18N8/c1-11(24-10-20-13-5-3-4-6-14(13)24)7-8-18-16(17)22-12(2)15-19-9-21-23-15/h3-10,12H,1H2,2H3,(H3,17,18,22)(H,19,21,23)/b8-7-. The zero-order valence-electron chi connectivity index (χ0n) is 13.2. The van der Waals surface area contributed by atoms with E-state index in [1.807, 2.05) is 35.8 Å². The summed E-state index contributed by atoms with van der Waals surface area (Å²) in [4.78, 5) is 12.7. The van der Waals surface area contributed by atoms with Crippen LogP contribution in [0.5, 0.6) is 0 Å². The van der Waals surface area contributed by atoms with Gasteiger partial charge < -0.3 is 11.1 Å². The molecule has 0 bridgehead atoms. The van der Waals surface area contributed by atoms with E-state index < -0.39 is 0 Å². The molecule has 8 heteroatoms. The van der Waals surface area contributed by atoms with Crippen LogP contribution in [0.1, 0.15) is 18.8 Å². The Labute approximate surface area is 138 Å². The van der Waals surface area contributed by atoms with Gasteiger partial charge in [-0.05, 0) is 25.1 Å². The molecule has 1 unspecified atom stereocenters. The maximum atomic E-state index is 5.85. The molecule has 0 aliphatic carbocycles. The van der Waals surface area contributed by atoms with Gasteiger partial charge in [0.25, 0.3) is 0 Å². The maximum absolute atomic E-state index is 5.85. The molecular formula is C16H18N8. The molecule has 2 aromatic heterocycles. The van der Waals surface area contributed by atoms with E-state index in [0.717, 1.165) is 16.7 Å². The highest BCUT2D eigenvalue weighted by molar-refractivity contribution is 5.81. The summed E-state index contributed by atoms with van der Waals surface area (Å²) in [5, 5.41) is 9.45. The molecule has 3 rings (SSSR count). The molecular weight excluding hydrogens is 304 g/mol. The van der Waals surface area contributed by atoms with E-state index in [1.165, 1.54) is 6.33 Å². The van der Waals surface area contributed by atoms with Crippen molar-refractivity contribution in [3.05, 3.63) is 61.6 Å². The average molecular weight is 322 g/mol. The van der Waals surface area contributed by atoms with Crippen LogP contribution in [-0.4, -0.2) is 30.7 Å². The van der Waals surface area contributed by atoms with Crippen LogP contribution in [0.25, 0.3) is 16.7 Å².